The Hall–Kier alpha value is -3.59. The minimum Gasteiger partial charge on any atom is -0.483 e. The number of nitrogens with zero attached hydrogens (tertiary/aromatic N) is 4. The van der Waals surface area contributed by atoms with Gasteiger partial charge >= 0.3 is 0 Å². The zero-order valence-electron chi connectivity index (χ0n) is 14.8. The average Bonchev–Trinajstić information content (AvgIpc) is 3.39. The fraction of sp³-hybridized carbons (Fsp3) is 0.105. The van der Waals surface area contributed by atoms with Gasteiger partial charge in [0.05, 0.1) is 5.56 Å². The monoisotopic (exact) mass is 393 g/mol. The molecule has 1 amide bonds. The van der Waals surface area contributed by atoms with Gasteiger partial charge in [-0.3, -0.25) is 10.1 Å². The van der Waals surface area contributed by atoms with Gasteiger partial charge in [0.1, 0.15) is 11.3 Å². The number of aromatic nitrogens is 4. The number of aryl methyl sites for hydroxylation is 1. The van der Waals surface area contributed by atoms with Crippen LogP contribution in [-0.2, 0) is 4.79 Å². The molecule has 0 aliphatic rings. The molecule has 0 fully saturated rings. The lowest BCUT2D eigenvalue weighted by atomic mass is 10.1. The molecule has 28 heavy (non-hydrogen) atoms. The molecule has 2 aromatic carbocycles. The predicted octanol–water partition coefficient (Wildman–Crippen LogP) is 3.58. The zero-order valence-corrected chi connectivity index (χ0v) is 15.6. The number of anilines is 1. The van der Waals surface area contributed by atoms with E-state index in [0.29, 0.717) is 28.2 Å². The fourth-order valence-electron chi connectivity index (χ4n) is 2.45. The van der Waals surface area contributed by atoms with E-state index >= 15 is 0 Å². The normalized spacial score (nSPS) is 10.6. The number of nitrogens with one attached hydrogen (secondary N) is 1. The highest BCUT2D eigenvalue weighted by atomic mass is 32.1. The summed E-state index contributed by atoms with van der Waals surface area (Å²) in [6.45, 7) is 1.83. The van der Waals surface area contributed by atoms with Crippen LogP contribution in [0.3, 0.4) is 0 Å². The molecule has 9 heteroatoms. The van der Waals surface area contributed by atoms with Crippen LogP contribution in [-0.4, -0.2) is 32.9 Å². The van der Waals surface area contributed by atoms with E-state index in [1.54, 1.807) is 18.2 Å². The van der Waals surface area contributed by atoms with Crippen LogP contribution in [0.2, 0.25) is 0 Å². The van der Waals surface area contributed by atoms with Crippen molar-refractivity contribution in [3.63, 3.8) is 0 Å². The number of hydrogen-bond acceptors (Lipinski definition) is 8. The van der Waals surface area contributed by atoms with Gasteiger partial charge in [0.15, 0.2) is 6.61 Å². The standard InChI is InChI=1S/C19H15N5O3S/c1-12-6-8-13(9-7-12)17-22-18(27-24-17)14-4-2-3-5-15(14)26-10-16(25)21-19-23-20-11-28-19/h2-9,11H,10H2,1H3,(H,21,23,25). The number of benzene rings is 2. The fourth-order valence-corrected chi connectivity index (χ4v) is 2.91. The third-order valence-electron chi connectivity index (χ3n) is 3.82. The molecule has 4 rings (SSSR count). The number of para-hydroxylation sites is 1. The number of rotatable bonds is 6. The molecule has 0 radical (unpaired) electrons. The first-order valence-electron chi connectivity index (χ1n) is 8.38. The molecule has 0 bridgehead atoms. The number of amides is 1. The molecule has 2 heterocycles. The van der Waals surface area contributed by atoms with E-state index in [-0.39, 0.29) is 12.5 Å². The van der Waals surface area contributed by atoms with Gasteiger partial charge in [0.2, 0.25) is 11.0 Å². The molecule has 0 unspecified atom stereocenters. The van der Waals surface area contributed by atoms with Crippen molar-refractivity contribution >= 4 is 22.4 Å². The Kier molecular flexibility index (Phi) is 5.07. The number of hydrogen-bond donors (Lipinski definition) is 1. The summed E-state index contributed by atoms with van der Waals surface area (Å²) in [6, 6.07) is 15.0. The van der Waals surface area contributed by atoms with E-state index in [1.165, 1.54) is 16.8 Å². The van der Waals surface area contributed by atoms with Crippen LogP contribution in [0.5, 0.6) is 5.75 Å². The van der Waals surface area contributed by atoms with E-state index in [2.05, 4.69) is 25.7 Å². The molecule has 140 valence electrons. The number of ether oxygens (including phenoxy) is 1. The van der Waals surface area contributed by atoms with Gasteiger partial charge in [-0.05, 0) is 19.1 Å². The zero-order chi connectivity index (χ0) is 19.3. The Bertz CT molecular complexity index is 1080. The maximum Gasteiger partial charge on any atom is 0.264 e. The molecule has 1 N–H and O–H groups in total. The molecule has 0 saturated carbocycles. The van der Waals surface area contributed by atoms with Crippen LogP contribution in [0.25, 0.3) is 22.8 Å². The second kappa shape index (κ2) is 7.97. The maximum absolute atomic E-state index is 12.0. The van der Waals surface area contributed by atoms with Crippen molar-refractivity contribution in [1.82, 2.24) is 20.3 Å². The molecular weight excluding hydrogens is 378 g/mol. The van der Waals surface area contributed by atoms with E-state index in [0.717, 1.165) is 11.1 Å². The first-order valence-corrected chi connectivity index (χ1v) is 9.26. The highest BCUT2D eigenvalue weighted by Gasteiger charge is 2.16. The summed E-state index contributed by atoms with van der Waals surface area (Å²) < 4.78 is 11.1. The van der Waals surface area contributed by atoms with Gasteiger partial charge in [0.25, 0.3) is 11.8 Å². The lowest BCUT2D eigenvalue weighted by Crippen LogP contribution is -2.20. The molecule has 8 nitrogen and oxygen atoms in total. The minimum absolute atomic E-state index is 0.185. The van der Waals surface area contributed by atoms with Gasteiger partial charge in [-0.15, -0.1) is 10.2 Å². The molecule has 0 aliphatic heterocycles. The molecular formula is C19H15N5O3S. The van der Waals surface area contributed by atoms with Crippen molar-refractivity contribution in [1.29, 1.82) is 0 Å². The molecule has 0 atom stereocenters. The van der Waals surface area contributed by atoms with E-state index in [9.17, 15) is 4.79 Å². The first-order chi connectivity index (χ1) is 13.7. The molecule has 2 aromatic heterocycles. The lowest BCUT2D eigenvalue weighted by molar-refractivity contribution is -0.118. The minimum atomic E-state index is -0.336. The van der Waals surface area contributed by atoms with Gasteiger partial charge < -0.3 is 9.26 Å². The van der Waals surface area contributed by atoms with Crippen molar-refractivity contribution in [2.75, 3.05) is 11.9 Å². The maximum atomic E-state index is 12.0. The largest absolute Gasteiger partial charge is 0.483 e. The smallest absolute Gasteiger partial charge is 0.264 e. The van der Waals surface area contributed by atoms with Crippen LogP contribution in [0.1, 0.15) is 5.56 Å². The third-order valence-corrected chi connectivity index (χ3v) is 4.43. The van der Waals surface area contributed by atoms with Crippen molar-refractivity contribution in [2.24, 2.45) is 0 Å². The summed E-state index contributed by atoms with van der Waals surface area (Å²) in [4.78, 5) is 16.5. The van der Waals surface area contributed by atoms with E-state index < -0.39 is 0 Å². The summed E-state index contributed by atoms with van der Waals surface area (Å²) in [5.41, 5.74) is 4.15. The second-order valence-electron chi connectivity index (χ2n) is 5.87. The van der Waals surface area contributed by atoms with Crippen LogP contribution in [0.15, 0.2) is 58.6 Å². The Morgan fingerprint density at radius 1 is 1.18 bits per heavy atom. The molecule has 0 saturated heterocycles. The average molecular weight is 393 g/mol. The second-order valence-corrected chi connectivity index (χ2v) is 6.70. The van der Waals surface area contributed by atoms with Crippen LogP contribution in [0.4, 0.5) is 5.13 Å². The summed E-state index contributed by atoms with van der Waals surface area (Å²) >= 11 is 1.23. The highest BCUT2D eigenvalue weighted by molar-refractivity contribution is 7.13. The van der Waals surface area contributed by atoms with Crippen molar-refractivity contribution in [3.8, 4) is 28.6 Å². The third kappa shape index (κ3) is 4.04. The predicted molar refractivity (Wildman–Crippen MR) is 104 cm³/mol. The van der Waals surface area contributed by atoms with Gasteiger partial charge in [0, 0.05) is 5.56 Å². The summed E-state index contributed by atoms with van der Waals surface area (Å²) in [5.74, 6) is 0.931. The summed E-state index contributed by atoms with van der Waals surface area (Å²) in [6.07, 6.45) is 0. The Morgan fingerprint density at radius 3 is 2.79 bits per heavy atom. The topological polar surface area (TPSA) is 103 Å². The van der Waals surface area contributed by atoms with E-state index in [1.807, 2.05) is 37.3 Å². The summed E-state index contributed by atoms with van der Waals surface area (Å²) in [5, 5.41) is 14.5. The first kappa shape index (κ1) is 17.8. The quantitative estimate of drug-likeness (QED) is 0.534. The van der Waals surface area contributed by atoms with Crippen LogP contribution < -0.4 is 10.1 Å². The van der Waals surface area contributed by atoms with Crippen molar-refractivity contribution < 1.29 is 14.1 Å². The molecule has 0 spiro atoms. The van der Waals surface area contributed by atoms with Crippen molar-refractivity contribution in [2.45, 2.75) is 6.92 Å². The van der Waals surface area contributed by atoms with Crippen molar-refractivity contribution in [3.05, 3.63) is 59.6 Å². The van der Waals surface area contributed by atoms with Crippen LogP contribution in [0, 0.1) is 6.92 Å². The number of carbonyl (C=O) groups excluding carboxylic acids is 1. The van der Waals surface area contributed by atoms with E-state index in [4.69, 9.17) is 9.26 Å². The number of carbonyl (C=O) groups is 1. The highest BCUT2D eigenvalue weighted by Crippen LogP contribution is 2.30. The molecule has 0 aliphatic carbocycles. The Labute approximate surface area is 164 Å². The van der Waals surface area contributed by atoms with Gasteiger partial charge in [-0.1, -0.05) is 58.5 Å². The Balaban J connectivity index is 1.50. The Morgan fingerprint density at radius 2 is 2.00 bits per heavy atom. The van der Waals surface area contributed by atoms with Gasteiger partial charge in [-0.25, -0.2) is 0 Å². The lowest BCUT2D eigenvalue weighted by Gasteiger charge is -2.08. The van der Waals surface area contributed by atoms with Gasteiger partial charge in [-0.2, -0.15) is 4.98 Å². The molecule has 4 aromatic rings. The van der Waals surface area contributed by atoms with Crippen LogP contribution >= 0.6 is 11.3 Å². The summed E-state index contributed by atoms with van der Waals surface area (Å²) in [7, 11) is 0. The SMILES string of the molecule is Cc1ccc(-c2noc(-c3ccccc3OCC(=O)Nc3nncs3)n2)cc1.